The molecule has 6 heteroatoms. The molecule has 2 rings (SSSR count). The zero-order chi connectivity index (χ0) is 13.0. The molecule has 5 nitrogen and oxygen atoms in total. The number of carbonyl (C=O) groups is 1. The standard InChI is InChI=1S/C12H18N4OS/c1-16(2)11-3-4-13-7-9(11)15-12(17)10-8-18-6-5-14-10/h3-4,7,10,14H,5-6,8H2,1-2H3,(H,15,17). The lowest BCUT2D eigenvalue weighted by molar-refractivity contribution is -0.117. The molecule has 0 aromatic carbocycles. The second-order valence-electron chi connectivity index (χ2n) is 4.36. The van der Waals surface area contributed by atoms with Gasteiger partial charge in [0.05, 0.1) is 23.6 Å². The first-order valence-corrected chi connectivity index (χ1v) is 7.07. The normalized spacial score (nSPS) is 19.3. The highest BCUT2D eigenvalue weighted by Crippen LogP contribution is 2.22. The van der Waals surface area contributed by atoms with Crippen LogP contribution < -0.4 is 15.5 Å². The third-order valence-electron chi connectivity index (χ3n) is 2.78. The quantitative estimate of drug-likeness (QED) is 0.847. The molecule has 98 valence electrons. The smallest absolute Gasteiger partial charge is 0.242 e. The van der Waals surface area contributed by atoms with Crippen molar-refractivity contribution in [3.05, 3.63) is 18.5 Å². The first-order chi connectivity index (χ1) is 8.68. The van der Waals surface area contributed by atoms with Crippen molar-refractivity contribution in [1.82, 2.24) is 10.3 Å². The van der Waals surface area contributed by atoms with E-state index in [0.717, 1.165) is 29.4 Å². The van der Waals surface area contributed by atoms with E-state index in [-0.39, 0.29) is 11.9 Å². The van der Waals surface area contributed by atoms with Gasteiger partial charge in [0, 0.05) is 38.3 Å². The molecular weight excluding hydrogens is 248 g/mol. The van der Waals surface area contributed by atoms with Gasteiger partial charge in [-0.2, -0.15) is 11.8 Å². The van der Waals surface area contributed by atoms with Gasteiger partial charge >= 0.3 is 0 Å². The van der Waals surface area contributed by atoms with Gasteiger partial charge in [-0.1, -0.05) is 0 Å². The summed E-state index contributed by atoms with van der Waals surface area (Å²) >= 11 is 1.80. The number of amides is 1. The fraction of sp³-hybridized carbons (Fsp3) is 0.500. The Kier molecular flexibility index (Phi) is 4.43. The van der Waals surface area contributed by atoms with E-state index in [1.165, 1.54) is 0 Å². The summed E-state index contributed by atoms with van der Waals surface area (Å²) < 4.78 is 0. The highest BCUT2D eigenvalue weighted by molar-refractivity contribution is 7.99. The van der Waals surface area contributed by atoms with Crippen LogP contribution in [0.4, 0.5) is 11.4 Å². The van der Waals surface area contributed by atoms with Gasteiger partial charge in [-0.15, -0.1) is 0 Å². The summed E-state index contributed by atoms with van der Waals surface area (Å²) in [6.45, 7) is 0.885. The van der Waals surface area contributed by atoms with Gasteiger partial charge in [0.2, 0.25) is 5.91 Å². The Balaban J connectivity index is 2.06. The van der Waals surface area contributed by atoms with E-state index in [0.29, 0.717) is 0 Å². The van der Waals surface area contributed by atoms with E-state index in [1.807, 2.05) is 25.1 Å². The lowest BCUT2D eigenvalue weighted by Gasteiger charge is -2.23. The van der Waals surface area contributed by atoms with Crippen molar-refractivity contribution in [2.45, 2.75) is 6.04 Å². The molecule has 1 amide bonds. The number of rotatable bonds is 3. The summed E-state index contributed by atoms with van der Waals surface area (Å²) in [4.78, 5) is 18.1. The highest BCUT2D eigenvalue weighted by Gasteiger charge is 2.21. The van der Waals surface area contributed by atoms with Crippen LogP contribution in [0.2, 0.25) is 0 Å². The molecule has 0 radical (unpaired) electrons. The summed E-state index contributed by atoms with van der Waals surface area (Å²) in [5.41, 5.74) is 1.71. The summed E-state index contributed by atoms with van der Waals surface area (Å²) in [6.07, 6.45) is 3.41. The first-order valence-electron chi connectivity index (χ1n) is 5.92. The van der Waals surface area contributed by atoms with Crippen molar-refractivity contribution in [3.63, 3.8) is 0 Å². The van der Waals surface area contributed by atoms with Gasteiger partial charge in [0.15, 0.2) is 0 Å². The Morgan fingerprint density at radius 3 is 3.11 bits per heavy atom. The van der Waals surface area contributed by atoms with Crippen molar-refractivity contribution in [3.8, 4) is 0 Å². The lowest BCUT2D eigenvalue weighted by Crippen LogP contribution is -2.46. The Hall–Kier alpha value is -1.27. The number of aromatic nitrogens is 1. The first kappa shape index (κ1) is 13.2. The van der Waals surface area contributed by atoms with Gasteiger partial charge in [-0.3, -0.25) is 9.78 Å². The Labute approximate surface area is 111 Å². The average Bonchev–Trinajstić information content (AvgIpc) is 2.40. The van der Waals surface area contributed by atoms with Gasteiger partial charge in [-0.25, -0.2) is 0 Å². The van der Waals surface area contributed by atoms with Crippen LogP contribution in [0.1, 0.15) is 0 Å². The molecule has 1 saturated heterocycles. The minimum atomic E-state index is -0.112. The predicted molar refractivity (Wildman–Crippen MR) is 76.3 cm³/mol. The van der Waals surface area contributed by atoms with Crippen LogP contribution in [0.15, 0.2) is 18.5 Å². The van der Waals surface area contributed by atoms with Gasteiger partial charge < -0.3 is 15.5 Å². The van der Waals surface area contributed by atoms with E-state index < -0.39 is 0 Å². The van der Waals surface area contributed by atoms with Crippen molar-refractivity contribution < 1.29 is 4.79 Å². The minimum Gasteiger partial charge on any atom is -0.376 e. The molecule has 1 unspecified atom stereocenters. The van der Waals surface area contributed by atoms with Crippen LogP contribution in [0.3, 0.4) is 0 Å². The van der Waals surface area contributed by atoms with Crippen LogP contribution >= 0.6 is 11.8 Å². The van der Waals surface area contributed by atoms with Crippen molar-refractivity contribution >= 4 is 29.0 Å². The van der Waals surface area contributed by atoms with E-state index in [2.05, 4.69) is 15.6 Å². The van der Waals surface area contributed by atoms with Gasteiger partial charge in [0.25, 0.3) is 0 Å². The largest absolute Gasteiger partial charge is 0.376 e. The van der Waals surface area contributed by atoms with Crippen LogP contribution in [0.5, 0.6) is 0 Å². The molecule has 0 spiro atoms. The molecule has 1 aromatic rings. The fourth-order valence-electron chi connectivity index (χ4n) is 1.83. The Bertz CT molecular complexity index is 418. The lowest BCUT2D eigenvalue weighted by atomic mass is 10.2. The Morgan fingerprint density at radius 2 is 2.44 bits per heavy atom. The molecule has 1 atom stereocenters. The highest BCUT2D eigenvalue weighted by atomic mass is 32.2. The maximum atomic E-state index is 12.1. The Morgan fingerprint density at radius 1 is 1.61 bits per heavy atom. The van der Waals surface area contributed by atoms with Crippen LogP contribution in [-0.4, -0.2) is 49.1 Å². The zero-order valence-electron chi connectivity index (χ0n) is 10.6. The molecule has 0 bridgehead atoms. The number of nitrogens with zero attached hydrogens (tertiary/aromatic N) is 2. The maximum absolute atomic E-state index is 12.1. The molecule has 2 heterocycles. The summed E-state index contributed by atoms with van der Waals surface area (Å²) in [6, 6.07) is 1.78. The van der Waals surface area contributed by atoms with Crippen LogP contribution in [-0.2, 0) is 4.79 Å². The molecule has 1 fully saturated rings. The van der Waals surface area contributed by atoms with E-state index in [1.54, 1.807) is 24.2 Å². The number of hydrogen-bond acceptors (Lipinski definition) is 5. The van der Waals surface area contributed by atoms with Crippen molar-refractivity contribution in [1.29, 1.82) is 0 Å². The molecule has 1 aliphatic heterocycles. The topological polar surface area (TPSA) is 57.3 Å². The number of anilines is 2. The predicted octanol–water partition coefficient (Wildman–Crippen LogP) is 0.791. The summed E-state index contributed by atoms with van der Waals surface area (Å²) in [5.74, 6) is 1.90. The second kappa shape index (κ2) is 6.06. The third-order valence-corrected chi connectivity index (χ3v) is 3.84. The van der Waals surface area contributed by atoms with E-state index in [9.17, 15) is 4.79 Å². The molecule has 0 saturated carbocycles. The summed E-state index contributed by atoms with van der Waals surface area (Å²) in [7, 11) is 3.89. The van der Waals surface area contributed by atoms with Crippen LogP contribution in [0, 0.1) is 0 Å². The molecule has 2 N–H and O–H groups in total. The van der Waals surface area contributed by atoms with Gasteiger partial charge in [-0.05, 0) is 6.07 Å². The van der Waals surface area contributed by atoms with Crippen LogP contribution in [0.25, 0.3) is 0 Å². The molecular formula is C12H18N4OS. The second-order valence-corrected chi connectivity index (χ2v) is 5.51. The number of nitrogens with one attached hydrogen (secondary N) is 2. The third kappa shape index (κ3) is 3.14. The molecule has 1 aromatic heterocycles. The van der Waals surface area contributed by atoms with Gasteiger partial charge in [0.1, 0.15) is 0 Å². The minimum absolute atomic E-state index is 0.0123. The average molecular weight is 266 g/mol. The van der Waals surface area contributed by atoms with E-state index in [4.69, 9.17) is 0 Å². The number of hydrogen-bond donors (Lipinski definition) is 2. The molecule has 1 aliphatic rings. The number of thioether (sulfide) groups is 1. The zero-order valence-corrected chi connectivity index (χ0v) is 11.5. The number of pyridine rings is 1. The SMILES string of the molecule is CN(C)c1ccncc1NC(=O)C1CSCCN1. The summed E-state index contributed by atoms with van der Waals surface area (Å²) in [5, 5.41) is 6.16. The fourth-order valence-corrected chi connectivity index (χ4v) is 2.76. The number of carbonyl (C=O) groups excluding carboxylic acids is 1. The van der Waals surface area contributed by atoms with Crippen molar-refractivity contribution in [2.75, 3.05) is 42.4 Å². The monoisotopic (exact) mass is 266 g/mol. The molecule has 18 heavy (non-hydrogen) atoms. The van der Waals surface area contributed by atoms with Crippen molar-refractivity contribution in [2.24, 2.45) is 0 Å². The molecule has 0 aliphatic carbocycles. The van der Waals surface area contributed by atoms with E-state index >= 15 is 0 Å². The maximum Gasteiger partial charge on any atom is 0.242 e.